The Morgan fingerprint density at radius 3 is 3.00 bits per heavy atom. The molecule has 4 heteroatoms. The Labute approximate surface area is 99.5 Å². The van der Waals surface area contributed by atoms with Gasteiger partial charge in [-0.3, -0.25) is 4.79 Å². The van der Waals surface area contributed by atoms with Crippen molar-refractivity contribution in [1.82, 2.24) is 5.32 Å². The van der Waals surface area contributed by atoms with Gasteiger partial charge in [0.1, 0.15) is 0 Å². The van der Waals surface area contributed by atoms with Crippen molar-refractivity contribution in [2.75, 3.05) is 6.61 Å². The number of aliphatic hydroxyl groups is 1. The second-order valence-corrected chi connectivity index (χ2v) is 5.46. The van der Waals surface area contributed by atoms with Gasteiger partial charge in [0.05, 0.1) is 11.5 Å². The number of carbonyl (C=O) groups is 1. The van der Waals surface area contributed by atoms with Gasteiger partial charge < -0.3 is 10.4 Å². The molecule has 88 valence electrons. The first-order valence-electron chi connectivity index (χ1n) is 5.74. The molecule has 0 fully saturated rings. The molecule has 1 aliphatic rings. The van der Waals surface area contributed by atoms with Crippen molar-refractivity contribution < 1.29 is 9.90 Å². The summed E-state index contributed by atoms with van der Waals surface area (Å²) in [6, 6.07) is 1.84. The van der Waals surface area contributed by atoms with Crippen molar-refractivity contribution in [2.24, 2.45) is 0 Å². The molecule has 0 saturated carbocycles. The minimum absolute atomic E-state index is 0.0170. The molecule has 0 unspecified atom stereocenters. The number of hydrogen-bond donors (Lipinski definition) is 2. The molecule has 0 spiro atoms. The first-order valence-corrected chi connectivity index (χ1v) is 6.55. The maximum atomic E-state index is 11.8. The third-order valence-electron chi connectivity index (χ3n) is 2.87. The molecule has 0 bridgehead atoms. The predicted octanol–water partition coefficient (Wildman–Crippen LogP) is 1.74. The Kier molecular flexibility index (Phi) is 3.61. The molecule has 0 aliphatic heterocycles. The van der Waals surface area contributed by atoms with Crippen LogP contribution in [-0.2, 0) is 12.8 Å². The zero-order valence-electron chi connectivity index (χ0n) is 9.45. The van der Waals surface area contributed by atoms with E-state index in [-0.39, 0.29) is 18.6 Å². The van der Waals surface area contributed by atoms with E-state index in [1.165, 1.54) is 23.3 Å². The van der Waals surface area contributed by atoms with E-state index in [0.717, 1.165) is 17.7 Å². The van der Waals surface area contributed by atoms with Crippen molar-refractivity contribution in [3.63, 3.8) is 0 Å². The van der Waals surface area contributed by atoms with E-state index < -0.39 is 0 Å². The summed E-state index contributed by atoms with van der Waals surface area (Å²) in [7, 11) is 0. The summed E-state index contributed by atoms with van der Waals surface area (Å²) in [5.74, 6) is -0.0547. The van der Waals surface area contributed by atoms with Crippen LogP contribution >= 0.6 is 11.3 Å². The van der Waals surface area contributed by atoms with Crippen molar-refractivity contribution >= 4 is 17.2 Å². The highest BCUT2D eigenvalue weighted by atomic mass is 32.1. The number of rotatable bonds is 3. The topological polar surface area (TPSA) is 49.3 Å². The number of nitrogens with one attached hydrogen (secondary N) is 1. The van der Waals surface area contributed by atoms with E-state index >= 15 is 0 Å². The molecule has 1 atom stereocenters. The largest absolute Gasteiger partial charge is 0.394 e. The van der Waals surface area contributed by atoms with Crippen molar-refractivity contribution in [2.45, 2.75) is 38.6 Å². The highest BCUT2D eigenvalue weighted by Crippen LogP contribution is 2.29. The smallest absolute Gasteiger partial charge is 0.261 e. The van der Waals surface area contributed by atoms with Crippen LogP contribution in [0.2, 0.25) is 0 Å². The third kappa shape index (κ3) is 2.44. The molecular weight excluding hydrogens is 222 g/mol. The molecule has 1 aromatic heterocycles. The molecule has 1 amide bonds. The second kappa shape index (κ2) is 4.97. The summed E-state index contributed by atoms with van der Waals surface area (Å²) < 4.78 is 0. The zero-order chi connectivity index (χ0) is 11.5. The quantitative estimate of drug-likeness (QED) is 0.844. The number of aryl methyl sites for hydroxylation is 2. The molecule has 1 heterocycles. The number of thiophene rings is 1. The summed E-state index contributed by atoms with van der Waals surface area (Å²) >= 11 is 1.60. The summed E-state index contributed by atoms with van der Waals surface area (Å²) in [5.41, 5.74) is 1.35. The molecule has 1 aliphatic carbocycles. The molecule has 2 N–H and O–H groups in total. The van der Waals surface area contributed by atoms with Crippen LogP contribution in [0.1, 0.15) is 39.9 Å². The lowest BCUT2D eigenvalue weighted by atomic mass is 9.99. The van der Waals surface area contributed by atoms with E-state index in [1.807, 2.05) is 6.07 Å². The van der Waals surface area contributed by atoms with E-state index in [1.54, 1.807) is 18.3 Å². The Bertz CT molecular complexity index is 363. The number of amides is 1. The first kappa shape index (κ1) is 11.6. The molecule has 16 heavy (non-hydrogen) atoms. The van der Waals surface area contributed by atoms with Gasteiger partial charge in [0.25, 0.3) is 5.91 Å². The van der Waals surface area contributed by atoms with Gasteiger partial charge in [0, 0.05) is 10.9 Å². The SMILES string of the molecule is C[C@@H](CO)NC(=O)c1cc2c(s1)CCCC2. The first-order chi connectivity index (χ1) is 7.70. The van der Waals surface area contributed by atoms with E-state index in [4.69, 9.17) is 5.11 Å². The van der Waals surface area contributed by atoms with Crippen LogP contribution in [0, 0.1) is 0 Å². The summed E-state index contributed by atoms with van der Waals surface area (Å²) in [6.07, 6.45) is 4.69. The van der Waals surface area contributed by atoms with Crippen molar-refractivity contribution in [3.05, 3.63) is 21.4 Å². The van der Waals surface area contributed by atoms with E-state index in [2.05, 4.69) is 5.32 Å². The fourth-order valence-corrected chi connectivity index (χ4v) is 3.10. The van der Waals surface area contributed by atoms with Crippen LogP contribution in [0.3, 0.4) is 0 Å². The number of carbonyl (C=O) groups excluding carboxylic acids is 1. The fraction of sp³-hybridized carbons (Fsp3) is 0.583. The lowest BCUT2D eigenvalue weighted by Gasteiger charge is -2.08. The maximum Gasteiger partial charge on any atom is 0.261 e. The predicted molar refractivity (Wildman–Crippen MR) is 65.0 cm³/mol. The molecule has 0 radical (unpaired) electrons. The minimum atomic E-state index is -0.174. The van der Waals surface area contributed by atoms with Gasteiger partial charge >= 0.3 is 0 Å². The van der Waals surface area contributed by atoms with Crippen LogP contribution in [0.4, 0.5) is 0 Å². The van der Waals surface area contributed by atoms with Gasteiger partial charge in [-0.05, 0) is 44.2 Å². The fourth-order valence-electron chi connectivity index (χ4n) is 1.94. The normalized spacial score (nSPS) is 16.6. The molecule has 3 nitrogen and oxygen atoms in total. The monoisotopic (exact) mass is 239 g/mol. The molecule has 2 rings (SSSR count). The van der Waals surface area contributed by atoms with E-state index in [9.17, 15) is 4.79 Å². The van der Waals surface area contributed by atoms with Gasteiger partial charge in [0.15, 0.2) is 0 Å². The van der Waals surface area contributed by atoms with Crippen molar-refractivity contribution in [1.29, 1.82) is 0 Å². The Morgan fingerprint density at radius 2 is 2.31 bits per heavy atom. The Balaban J connectivity index is 2.09. The second-order valence-electron chi connectivity index (χ2n) is 4.32. The van der Waals surface area contributed by atoms with Crippen LogP contribution < -0.4 is 5.32 Å². The van der Waals surface area contributed by atoms with Gasteiger partial charge in [-0.1, -0.05) is 0 Å². The average Bonchev–Trinajstić information content (AvgIpc) is 2.72. The number of hydrogen-bond acceptors (Lipinski definition) is 3. The minimum Gasteiger partial charge on any atom is -0.394 e. The van der Waals surface area contributed by atoms with E-state index in [0.29, 0.717) is 0 Å². The number of fused-ring (bicyclic) bond motifs is 1. The van der Waals surface area contributed by atoms with Crippen LogP contribution in [0.5, 0.6) is 0 Å². The highest BCUT2D eigenvalue weighted by molar-refractivity contribution is 7.14. The number of aliphatic hydroxyl groups excluding tert-OH is 1. The summed E-state index contributed by atoms with van der Waals surface area (Å²) in [4.78, 5) is 14.0. The highest BCUT2D eigenvalue weighted by Gasteiger charge is 2.17. The van der Waals surface area contributed by atoms with Crippen LogP contribution in [-0.4, -0.2) is 23.7 Å². The third-order valence-corrected chi connectivity index (χ3v) is 4.11. The molecular formula is C12H17NO2S. The Morgan fingerprint density at radius 1 is 1.56 bits per heavy atom. The van der Waals surface area contributed by atoms with Gasteiger partial charge in [-0.15, -0.1) is 11.3 Å². The zero-order valence-corrected chi connectivity index (χ0v) is 10.3. The lowest BCUT2D eigenvalue weighted by Crippen LogP contribution is -2.34. The van der Waals surface area contributed by atoms with Gasteiger partial charge in [-0.2, -0.15) is 0 Å². The Hall–Kier alpha value is -0.870. The van der Waals surface area contributed by atoms with Gasteiger partial charge in [-0.25, -0.2) is 0 Å². The standard InChI is InChI=1S/C12H17NO2S/c1-8(7-14)13-12(15)11-6-9-4-2-3-5-10(9)16-11/h6,8,14H,2-5,7H2,1H3,(H,13,15)/t8-/m0/s1. The van der Waals surface area contributed by atoms with Crippen LogP contribution in [0.25, 0.3) is 0 Å². The molecule has 0 aromatic carbocycles. The molecule has 0 saturated heterocycles. The average molecular weight is 239 g/mol. The van der Waals surface area contributed by atoms with Crippen LogP contribution in [0.15, 0.2) is 6.07 Å². The van der Waals surface area contributed by atoms with Gasteiger partial charge in [0.2, 0.25) is 0 Å². The maximum absolute atomic E-state index is 11.8. The summed E-state index contributed by atoms with van der Waals surface area (Å²) in [6.45, 7) is 1.78. The van der Waals surface area contributed by atoms with Crippen molar-refractivity contribution in [3.8, 4) is 0 Å². The molecule has 1 aromatic rings. The lowest BCUT2D eigenvalue weighted by molar-refractivity contribution is 0.0926. The summed E-state index contributed by atoms with van der Waals surface area (Å²) in [5, 5.41) is 11.7.